The number of benzene rings is 1. The Bertz CT molecular complexity index is 1160. The van der Waals surface area contributed by atoms with Crippen LogP contribution in [0.3, 0.4) is 0 Å². The minimum absolute atomic E-state index is 0.0272. The lowest BCUT2D eigenvalue weighted by Crippen LogP contribution is -2.43. The number of rotatable bonds is 5. The summed E-state index contributed by atoms with van der Waals surface area (Å²) in [6, 6.07) is 9.54. The highest BCUT2D eigenvalue weighted by atomic mass is 16.5. The lowest BCUT2D eigenvalue weighted by molar-refractivity contribution is -0.125. The highest BCUT2D eigenvalue weighted by Gasteiger charge is 2.28. The third-order valence-corrected chi connectivity index (χ3v) is 5.20. The normalized spacial score (nSPS) is 16.7. The third kappa shape index (κ3) is 3.59. The van der Waals surface area contributed by atoms with Gasteiger partial charge in [0.15, 0.2) is 17.3 Å². The molecule has 0 radical (unpaired) electrons. The molecule has 1 aliphatic heterocycles. The number of imidazole rings is 1. The van der Waals surface area contributed by atoms with Crippen LogP contribution in [-0.4, -0.2) is 49.1 Å². The molecule has 0 spiro atoms. The average Bonchev–Trinajstić information content (AvgIpc) is 3.47. The van der Waals surface area contributed by atoms with E-state index in [2.05, 4.69) is 40.3 Å². The van der Waals surface area contributed by atoms with Crippen molar-refractivity contribution in [2.45, 2.75) is 19.4 Å². The standard InChI is InChI=1S/C20H20N8O2/c29-19(21-9-15-26-20(30-27-15)13-5-2-1-3-6-13)14-7-4-8-28(10-14)18-16-17(23-11-22-16)24-12-25-18/h1-3,5-6,11-12,14H,4,7-10H2,(H,21,29)(H,22,23,24,25)/t14-/m1/s1. The predicted molar refractivity (Wildman–Crippen MR) is 108 cm³/mol. The lowest BCUT2D eigenvalue weighted by Gasteiger charge is -2.32. The van der Waals surface area contributed by atoms with Gasteiger partial charge in [-0.05, 0) is 25.0 Å². The summed E-state index contributed by atoms with van der Waals surface area (Å²) in [5.74, 6) is 1.49. The largest absolute Gasteiger partial charge is 0.354 e. The van der Waals surface area contributed by atoms with E-state index in [9.17, 15) is 4.79 Å². The van der Waals surface area contributed by atoms with Crippen molar-refractivity contribution in [3.8, 4) is 11.5 Å². The second kappa shape index (κ2) is 7.90. The van der Waals surface area contributed by atoms with Crippen LogP contribution in [-0.2, 0) is 11.3 Å². The first kappa shape index (κ1) is 18.2. The van der Waals surface area contributed by atoms with E-state index < -0.39 is 0 Å². The number of nitrogens with one attached hydrogen (secondary N) is 2. The van der Waals surface area contributed by atoms with Gasteiger partial charge in [-0.1, -0.05) is 23.4 Å². The number of aromatic amines is 1. The van der Waals surface area contributed by atoms with E-state index in [1.54, 1.807) is 6.33 Å². The molecule has 1 atom stereocenters. The van der Waals surface area contributed by atoms with Crippen molar-refractivity contribution in [2.24, 2.45) is 5.92 Å². The fraction of sp³-hybridized carbons (Fsp3) is 0.300. The Kier molecular flexibility index (Phi) is 4.80. The van der Waals surface area contributed by atoms with Crippen LogP contribution < -0.4 is 10.2 Å². The molecule has 2 N–H and O–H groups in total. The molecular formula is C20H20N8O2. The molecule has 4 heterocycles. The quantitative estimate of drug-likeness (QED) is 0.517. The lowest BCUT2D eigenvalue weighted by atomic mass is 9.97. The van der Waals surface area contributed by atoms with E-state index in [0.717, 1.165) is 36.3 Å². The first-order valence-electron chi connectivity index (χ1n) is 9.82. The number of piperidine rings is 1. The Morgan fingerprint density at radius 3 is 3.03 bits per heavy atom. The molecule has 1 amide bonds. The molecule has 4 aromatic rings. The summed E-state index contributed by atoms with van der Waals surface area (Å²) < 4.78 is 5.29. The zero-order chi connectivity index (χ0) is 20.3. The van der Waals surface area contributed by atoms with Crippen molar-refractivity contribution >= 4 is 22.9 Å². The van der Waals surface area contributed by atoms with Gasteiger partial charge >= 0.3 is 0 Å². The number of nitrogens with zero attached hydrogens (tertiary/aromatic N) is 6. The Hall–Kier alpha value is -3.82. The minimum atomic E-state index is -0.146. The maximum atomic E-state index is 12.8. The van der Waals surface area contributed by atoms with Gasteiger partial charge in [0.05, 0.1) is 18.8 Å². The zero-order valence-corrected chi connectivity index (χ0v) is 16.2. The molecule has 152 valence electrons. The second-order valence-corrected chi connectivity index (χ2v) is 7.18. The van der Waals surface area contributed by atoms with Crippen LogP contribution >= 0.6 is 0 Å². The van der Waals surface area contributed by atoms with Gasteiger partial charge in [-0.15, -0.1) is 0 Å². The highest BCUT2D eigenvalue weighted by molar-refractivity contribution is 5.84. The van der Waals surface area contributed by atoms with Gasteiger partial charge in [-0.2, -0.15) is 4.98 Å². The predicted octanol–water partition coefficient (Wildman–Crippen LogP) is 1.94. The third-order valence-electron chi connectivity index (χ3n) is 5.20. The van der Waals surface area contributed by atoms with Crippen LogP contribution in [0.25, 0.3) is 22.6 Å². The van der Waals surface area contributed by atoms with Crippen molar-refractivity contribution in [2.75, 3.05) is 18.0 Å². The van der Waals surface area contributed by atoms with Crippen molar-refractivity contribution < 1.29 is 9.32 Å². The molecule has 1 aliphatic rings. The van der Waals surface area contributed by atoms with Gasteiger partial charge in [0.25, 0.3) is 5.89 Å². The fourth-order valence-corrected chi connectivity index (χ4v) is 3.71. The Morgan fingerprint density at radius 1 is 1.23 bits per heavy atom. The topological polar surface area (TPSA) is 126 Å². The number of carbonyl (C=O) groups is 1. The molecule has 1 saturated heterocycles. The zero-order valence-electron chi connectivity index (χ0n) is 16.2. The fourth-order valence-electron chi connectivity index (χ4n) is 3.71. The molecule has 0 unspecified atom stereocenters. The van der Waals surface area contributed by atoms with E-state index in [4.69, 9.17) is 4.52 Å². The summed E-state index contributed by atoms with van der Waals surface area (Å²) in [5, 5.41) is 6.90. The average molecular weight is 404 g/mol. The molecule has 0 bridgehead atoms. The van der Waals surface area contributed by atoms with Crippen LogP contribution in [0.5, 0.6) is 0 Å². The van der Waals surface area contributed by atoms with Gasteiger partial charge in [-0.25, -0.2) is 15.0 Å². The molecule has 0 saturated carbocycles. The first-order valence-corrected chi connectivity index (χ1v) is 9.82. The summed E-state index contributed by atoms with van der Waals surface area (Å²) in [6.45, 7) is 1.64. The molecule has 1 fully saturated rings. The number of hydrogen-bond donors (Lipinski definition) is 2. The van der Waals surface area contributed by atoms with E-state index in [1.165, 1.54) is 6.33 Å². The Balaban J connectivity index is 1.22. The van der Waals surface area contributed by atoms with Gasteiger partial charge in [0, 0.05) is 18.7 Å². The number of H-pyrrole nitrogens is 1. The highest BCUT2D eigenvalue weighted by Crippen LogP contribution is 2.26. The molecule has 10 nitrogen and oxygen atoms in total. The molecular weight excluding hydrogens is 384 g/mol. The molecule has 10 heteroatoms. The van der Waals surface area contributed by atoms with E-state index in [1.807, 2.05) is 30.3 Å². The van der Waals surface area contributed by atoms with Gasteiger partial charge in [0.1, 0.15) is 11.8 Å². The van der Waals surface area contributed by atoms with Crippen LogP contribution in [0.1, 0.15) is 18.7 Å². The van der Waals surface area contributed by atoms with Crippen LogP contribution in [0.15, 0.2) is 47.5 Å². The summed E-state index contributed by atoms with van der Waals surface area (Å²) >= 11 is 0. The van der Waals surface area contributed by atoms with Crippen molar-refractivity contribution in [1.82, 2.24) is 35.4 Å². The molecule has 30 heavy (non-hydrogen) atoms. The van der Waals surface area contributed by atoms with E-state index >= 15 is 0 Å². The molecule has 5 rings (SSSR count). The summed E-state index contributed by atoms with van der Waals surface area (Å²) in [5.41, 5.74) is 2.26. The Morgan fingerprint density at radius 2 is 2.13 bits per heavy atom. The number of hydrogen-bond acceptors (Lipinski definition) is 8. The number of carbonyl (C=O) groups excluding carboxylic acids is 1. The van der Waals surface area contributed by atoms with E-state index in [-0.39, 0.29) is 18.4 Å². The first-order chi connectivity index (χ1) is 14.8. The van der Waals surface area contributed by atoms with Crippen molar-refractivity contribution in [3.63, 3.8) is 0 Å². The number of amides is 1. The maximum absolute atomic E-state index is 12.8. The summed E-state index contributed by atoms with van der Waals surface area (Å²) in [6.07, 6.45) is 4.83. The summed E-state index contributed by atoms with van der Waals surface area (Å²) in [4.78, 5) is 35.1. The van der Waals surface area contributed by atoms with Crippen LogP contribution in [0.4, 0.5) is 5.82 Å². The SMILES string of the molecule is O=C(NCc1noc(-c2ccccc2)n1)[C@@H]1CCCN(c2ncnc3nc[nH]c23)C1. The molecule has 1 aromatic carbocycles. The van der Waals surface area contributed by atoms with Gasteiger partial charge in [0.2, 0.25) is 5.91 Å². The molecule has 3 aromatic heterocycles. The van der Waals surface area contributed by atoms with Gasteiger partial charge < -0.3 is 19.7 Å². The van der Waals surface area contributed by atoms with Crippen LogP contribution in [0.2, 0.25) is 0 Å². The smallest absolute Gasteiger partial charge is 0.257 e. The van der Waals surface area contributed by atoms with E-state index in [0.29, 0.717) is 23.9 Å². The maximum Gasteiger partial charge on any atom is 0.257 e. The van der Waals surface area contributed by atoms with Crippen molar-refractivity contribution in [1.29, 1.82) is 0 Å². The number of aromatic nitrogens is 6. The summed E-state index contributed by atoms with van der Waals surface area (Å²) in [7, 11) is 0. The second-order valence-electron chi connectivity index (χ2n) is 7.18. The van der Waals surface area contributed by atoms with Crippen LogP contribution in [0, 0.1) is 5.92 Å². The number of anilines is 1. The van der Waals surface area contributed by atoms with Gasteiger partial charge in [-0.3, -0.25) is 4.79 Å². The minimum Gasteiger partial charge on any atom is -0.354 e. The van der Waals surface area contributed by atoms with Crippen molar-refractivity contribution in [3.05, 3.63) is 48.8 Å². The number of fused-ring (bicyclic) bond motifs is 1. The monoisotopic (exact) mass is 404 g/mol. The molecule has 0 aliphatic carbocycles. The Labute approximate surface area is 171 Å².